The molecule has 200 valence electrons. The van der Waals surface area contributed by atoms with Gasteiger partial charge in [0.05, 0.1) is 11.8 Å². The Hall–Kier alpha value is -1.91. The lowest BCUT2D eigenvalue weighted by atomic mass is 9.96. The third kappa shape index (κ3) is 9.52. The van der Waals surface area contributed by atoms with Gasteiger partial charge in [-0.2, -0.15) is 0 Å². The Morgan fingerprint density at radius 1 is 0.778 bits per heavy atom. The first-order valence-corrected chi connectivity index (χ1v) is 14.6. The molecule has 1 fully saturated rings. The van der Waals surface area contributed by atoms with Gasteiger partial charge in [0.2, 0.25) is 10.0 Å². The Kier molecular flexibility index (Phi) is 11.7. The predicted octanol–water partition coefficient (Wildman–Crippen LogP) is 3.92. The van der Waals surface area contributed by atoms with Gasteiger partial charge in [0.25, 0.3) is 0 Å². The van der Waals surface area contributed by atoms with Gasteiger partial charge in [0.15, 0.2) is 0 Å². The van der Waals surface area contributed by atoms with E-state index >= 15 is 0 Å². The van der Waals surface area contributed by atoms with Gasteiger partial charge in [-0.3, -0.25) is 4.90 Å². The van der Waals surface area contributed by atoms with Crippen LogP contribution < -0.4 is 4.72 Å². The highest BCUT2D eigenvalue weighted by Crippen LogP contribution is 2.30. The zero-order chi connectivity index (χ0) is 25.8. The van der Waals surface area contributed by atoms with Gasteiger partial charge in [-0.25, -0.2) is 21.9 Å². The Morgan fingerprint density at radius 3 is 1.86 bits per heavy atom. The molecule has 1 aliphatic rings. The molecule has 0 aliphatic carbocycles. The summed E-state index contributed by atoms with van der Waals surface area (Å²) in [7, 11) is -3.23. The molecule has 3 rings (SSSR count). The fraction of sp³-hybridized carbons (Fsp3) is 0.556. The van der Waals surface area contributed by atoms with Crippen molar-refractivity contribution in [1.29, 1.82) is 0 Å². The summed E-state index contributed by atoms with van der Waals surface area (Å²) in [5.74, 6) is -0.389. The highest BCUT2D eigenvalue weighted by atomic mass is 32.2. The van der Waals surface area contributed by atoms with Crippen LogP contribution in [0.25, 0.3) is 0 Å². The van der Waals surface area contributed by atoms with Gasteiger partial charge in [-0.15, -0.1) is 0 Å². The van der Waals surface area contributed by atoms with Crippen molar-refractivity contribution in [1.82, 2.24) is 14.5 Å². The van der Waals surface area contributed by atoms with Crippen LogP contribution in [0.3, 0.4) is 0 Å². The van der Waals surface area contributed by atoms with Crippen molar-refractivity contribution in [2.45, 2.75) is 44.6 Å². The highest BCUT2D eigenvalue weighted by Gasteiger charge is 2.26. The van der Waals surface area contributed by atoms with Crippen LogP contribution in [-0.2, 0) is 10.0 Å². The minimum atomic E-state index is -3.23. The second kappa shape index (κ2) is 14.7. The molecular formula is C27H39F2N3O3S. The Morgan fingerprint density at radius 2 is 1.31 bits per heavy atom. The van der Waals surface area contributed by atoms with Crippen LogP contribution in [-0.4, -0.2) is 75.0 Å². The molecule has 0 aromatic heterocycles. The summed E-state index contributed by atoms with van der Waals surface area (Å²) in [6.07, 6.45) is 5.16. The van der Waals surface area contributed by atoms with Gasteiger partial charge in [0, 0.05) is 39.3 Å². The summed E-state index contributed by atoms with van der Waals surface area (Å²) in [5.41, 5.74) is 2.00. The number of aliphatic hydroxyl groups is 1. The van der Waals surface area contributed by atoms with Gasteiger partial charge in [-0.05, 0) is 61.2 Å². The fourth-order valence-corrected chi connectivity index (χ4v) is 5.87. The molecule has 2 aromatic rings. The van der Waals surface area contributed by atoms with Crippen molar-refractivity contribution in [3.8, 4) is 0 Å². The third-order valence-corrected chi connectivity index (χ3v) is 8.16. The maximum Gasteiger partial charge on any atom is 0.211 e. The van der Waals surface area contributed by atoms with Crippen molar-refractivity contribution in [3.63, 3.8) is 0 Å². The lowest BCUT2D eigenvalue weighted by molar-refractivity contribution is 0.108. The first-order chi connectivity index (χ1) is 17.4. The molecule has 2 N–H and O–H groups in total. The highest BCUT2D eigenvalue weighted by molar-refractivity contribution is 7.89. The minimum Gasteiger partial charge on any atom is -0.396 e. The monoisotopic (exact) mass is 523 g/mol. The lowest BCUT2D eigenvalue weighted by Gasteiger charge is -2.40. The van der Waals surface area contributed by atoms with Crippen LogP contribution >= 0.6 is 0 Å². The van der Waals surface area contributed by atoms with Gasteiger partial charge in [0.1, 0.15) is 11.6 Å². The van der Waals surface area contributed by atoms with E-state index in [0.29, 0.717) is 19.4 Å². The van der Waals surface area contributed by atoms with E-state index in [1.807, 2.05) is 24.3 Å². The van der Waals surface area contributed by atoms with Crippen LogP contribution in [0.4, 0.5) is 8.78 Å². The zero-order valence-corrected chi connectivity index (χ0v) is 21.7. The summed E-state index contributed by atoms with van der Waals surface area (Å²) in [4.78, 5) is 4.84. The van der Waals surface area contributed by atoms with Crippen LogP contribution in [0, 0.1) is 11.6 Å². The number of hydrogen-bond donors (Lipinski definition) is 2. The van der Waals surface area contributed by atoms with Crippen molar-refractivity contribution in [2.24, 2.45) is 0 Å². The van der Waals surface area contributed by atoms with Crippen LogP contribution in [0.1, 0.15) is 55.7 Å². The summed E-state index contributed by atoms with van der Waals surface area (Å²) in [5, 5.41) is 8.74. The zero-order valence-electron chi connectivity index (χ0n) is 20.9. The maximum atomic E-state index is 13.5. The number of unbranched alkanes of at least 4 members (excludes halogenated alkanes) is 4. The Labute approximate surface area is 214 Å². The predicted molar refractivity (Wildman–Crippen MR) is 139 cm³/mol. The largest absolute Gasteiger partial charge is 0.396 e. The molecule has 0 spiro atoms. The SMILES string of the molecule is O=S(=O)(CCCCCCCN1CCN(C(c2ccc(F)cc2)c2ccc(F)cc2)CC1)NCCCO. The summed E-state index contributed by atoms with van der Waals surface area (Å²) >= 11 is 0. The average Bonchev–Trinajstić information content (AvgIpc) is 2.87. The van der Waals surface area contributed by atoms with E-state index in [2.05, 4.69) is 14.5 Å². The summed E-state index contributed by atoms with van der Waals surface area (Å²) in [6, 6.07) is 13.1. The number of nitrogens with one attached hydrogen (secondary N) is 1. The van der Waals surface area contributed by atoms with Crippen molar-refractivity contribution < 1.29 is 22.3 Å². The Balaban J connectivity index is 1.39. The molecule has 36 heavy (non-hydrogen) atoms. The molecule has 9 heteroatoms. The number of hydrogen-bond acceptors (Lipinski definition) is 5. The van der Waals surface area contributed by atoms with Crippen molar-refractivity contribution in [2.75, 3.05) is 51.6 Å². The molecule has 6 nitrogen and oxygen atoms in total. The third-order valence-electron chi connectivity index (χ3n) is 6.69. The molecule has 0 amide bonds. The number of halogens is 2. The standard InChI is InChI=1S/C27H39F2N3O3S/c28-25-11-7-23(8-12-25)27(24-9-13-26(29)14-10-24)32-19-17-31(18-20-32)16-4-2-1-3-5-22-36(34,35)30-15-6-21-33/h7-14,27,30,33H,1-6,15-22H2. The lowest BCUT2D eigenvalue weighted by Crippen LogP contribution is -2.48. The quantitative estimate of drug-likeness (QED) is 0.346. The molecule has 2 aromatic carbocycles. The molecule has 0 radical (unpaired) electrons. The molecule has 0 atom stereocenters. The first kappa shape index (κ1) is 28.7. The number of nitrogens with zero attached hydrogens (tertiary/aromatic N) is 2. The fourth-order valence-electron chi connectivity index (χ4n) is 4.69. The normalized spacial score (nSPS) is 15.6. The van der Waals surface area contributed by atoms with Crippen LogP contribution in [0.5, 0.6) is 0 Å². The number of piperazine rings is 1. The molecule has 0 saturated carbocycles. The van der Waals surface area contributed by atoms with Gasteiger partial charge in [-0.1, -0.05) is 43.5 Å². The second-order valence-corrected chi connectivity index (χ2v) is 11.4. The Bertz CT molecular complexity index is 950. The number of benzene rings is 2. The first-order valence-electron chi connectivity index (χ1n) is 12.9. The van der Waals surface area contributed by atoms with E-state index in [1.165, 1.54) is 24.3 Å². The molecule has 0 unspecified atom stereocenters. The molecule has 0 bridgehead atoms. The van der Waals surface area contributed by atoms with Crippen LogP contribution in [0.2, 0.25) is 0 Å². The summed E-state index contributed by atoms with van der Waals surface area (Å²) < 4.78 is 53.2. The van der Waals surface area contributed by atoms with E-state index in [9.17, 15) is 17.2 Å². The minimum absolute atomic E-state index is 0.0132. The molecule has 1 aliphatic heterocycles. The maximum absolute atomic E-state index is 13.5. The van der Waals surface area contributed by atoms with E-state index < -0.39 is 10.0 Å². The molecular weight excluding hydrogens is 484 g/mol. The van der Waals surface area contributed by atoms with Crippen molar-refractivity contribution in [3.05, 3.63) is 71.3 Å². The average molecular weight is 524 g/mol. The van der Waals surface area contributed by atoms with Gasteiger partial charge >= 0.3 is 0 Å². The van der Waals surface area contributed by atoms with Crippen LogP contribution in [0.15, 0.2) is 48.5 Å². The van der Waals surface area contributed by atoms with E-state index in [1.54, 1.807) is 0 Å². The van der Waals surface area contributed by atoms with E-state index in [4.69, 9.17) is 5.11 Å². The number of rotatable bonds is 15. The molecule has 1 saturated heterocycles. The van der Waals surface area contributed by atoms with E-state index in [-0.39, 0.29) is 30.0 Å². The van der Waals surface area contributed by atoms with Crippen molar-refractivity contribution >= 4 is 10.0 Å². The second-order valence-electron chi connectivity index (χ2n) is 9.44. The topological polar surface area (TPSA) is 72.9 Å². The summed E-state index contributed by atoms with van der Waals surface area (Å²) in [6.45, 7) is 4.93. The van der Waals surface area contributed by atoms with E-state index in [0.717, 1.165) is 69.5 Å². The molecule has 1 heterocycles. The van der Waals surface area contributed by atoms with Gasteiger partial charge < -0.3 is 10.0 Å². The number of aliphatic hydroxyl groups excluding tert-OH is 1. The number of sulfonamides is 1. The smallest absolute Gasteiger partial charge is 0.211 e.